The van der Waals surface area contributed by atoms with Gasteiger partial charge in [0.25, 0.3) is 0 Å². The Morgan fingerprint density at radius 3 is 3.08 bits per heavy atom. The summed E-state index contributed by atoms with van der Waals surface area (Å²) >= 11 is 1.39. The number of aromatic nitrogens is 6. The van der Waals surface area contributed by atoms with E-state index in [1.165, 1.54) is 22.3 Å². The number of fused-ring (bicyclic) bond motifs is 1. The minimum atomic E-state index is -0.223. The second-order valence-corrected chi connectivity index (χ2v) is 6.12. The van der Waals surface area contributed by atoms with Gasteiger partial charge in [-0.3, -0.25) is 4.79 Å². The zero-order valence-corrected chi connectivity index (χ0v) is 13.5. The largest absolute Gasteiger partial charge is 0.358 e. The first-order chi connectivity index (χ1) is 11.7. The lowest BCUT2D eigenvalue weighted by Gasteiger charge is -2.00. The molecule has 2 N–H and O–H groups in total. The van der Waals surface area contributed by atoms with Gasteiger partial charge in [0.05, 0.1) is 5.69 Å². The first-order valence-corrected chi connectivity index (χ1v) is 8.12. The summed E-state index contributed by atoms with van der Waals surface area (Å²) in [6, 6.07) is 8.09. The molecule has 3 aromatic heterocycles. The maximum absolute atomic E-state index is 12.0. The molecule has 0 unspecified atom stereocenters. The molecule has 0 radical (unpaired) electrons. The van der Waals surface area contributed by atoms with Crippen molar-refractivity contribution in [2.24, 2.45) is 0 Å². The molecule has 1 aromatic carbocycles. The fraction of sp³-hybridized carbons (Fsp3) is 0.133. The van der Waals surface area contributed by atoms with Gasteiger partial charge < -0.3 is 10.3 Å². The molecule has 0 fully saturated rings. The normalized spacial score (nSPS) is 11.0. The fourth-order valence-corrected chi connectivity index (χ4v) is 3.33. The molecule has 0 aliphatic carbocycles. The zero-order valence-electron chi connectivity index (χ0n) is 12.7. The molecule has 0 saturated heterocycles. The van der Waals surface area contributed by atoms with E-state index in [2.05, 4.69) is 36.9 Å². The van der Waals surface area contributed by atoms with Crippen molar-refractivity contribution in [1.29, 1.82) is 0 Å². The van der Waals surface area contributed by atoms with E-state index in [9.17, 15) is 4.79 Å². The number of para-hydroxylation sites is 1. The molecule has 0 aliphatic rings. The average molecular weight is 339 g/mol. The monoisotopic (exact) mass is 339 g/mol. The summed E-state index contributed by atoms with van der Waals surface area (Å²) in [5.74, 6) is -0.223. The average Bonchev–Trinajstić information content (AvgIpc) is 3.26. The first kappa shape index (κ1) is 14.5. The molecule has 3 heterocycles. The number of hydrogen-bond acceptors (Lipinski definition) is 6. The van der Waals surface area contributed by atoms with E-state index in [4.69, 9.17) is 0 Å². The SMILES string of the molecule is Cc1[nH]c2ccccc2c1-c1csc(NC(=O)Cn2cnnn2)n1. The molecule has 0 bridgehead atoms. The van der Waals surface area contributed by atoms with Crippen molar-refractivity contribution in [1.82, 2.24) is 30.2 Å². The molecule has 8 nitrogen and oxygen atoms in total. The number of aromatic amines is 1. The van der Waals surface area contributed by atoms with Gasteiger partial charge >= 0.3 is 0 Å². The summed E-state index contributed by atoms with van der Waals surface area (Å²) in [6.45, 7) is 2.07. The Morgan fingerprint density at radius 2 is 2.25 bits per heavy atom. The molecule has 4 rings (SSSR count). The summed E-state index contributed by atoms with van der Waals surface area (Å²) in [6.07, 6.45) is 1.39. The first-order valence-electron chi connectivity index (χ1n) is 7.24. The Hall–Kier alpha value is -3.07. The number of carbonyl (C=O) groups is 1. The van der Waals surface area contributed by atoms with Crippen LogP contribution in [-0.4, -0.2) is 36.1 Å². The molecule has 0 spiro atoms. The maximum Gasteiger partial charge on any atom is 0.248 e. The highest BCUT2D eigenvalue weighted by Crippen LogP contribution is 2.33. The highest BCUT2D eigenvalue weighted by molar-refractivity contribution is 7.14. The number of benzene rings is 1. The van der Waals surface area contributed by atoms with Gasteiger partial charge in [-0.2, -0.15) is 0 Å². The molecule has 0 aliphatic heterocycles. The van der Waals surface area contributed by atoms with Crippen LogP contribution in [0.4, 0.5) is 5.13 Å². The fourth-order valence-electron chi connectivity index (χ4n) is 2.61. The predicted octanol–water partition coefficient (Wildman–Crippen LogP) is 2.23. The third-order valence-corrected chi connectivity index (χ3v) is 4.36. The quantitative estimate of drug-likeness (QED) is 0.594. The van der Waals surface area contributed by atoms with E-state index in [0.717, 1.165) is 27.9 Å². The van der Waals surface area contributed by atoms with E-state index in [1.54, 1.807) is 0 Å². The van der Waals surface area contributed by atoms with Crippen LogP contribution in [0.5, 0.6) is 0 Å². The number of nitrogens with one attached hydrogen (secondary N) is 2. The number of amides is 1. The third-order valence-electron chi connectivity index (χ3n) is 3.60. The summed E-state index contributed by atoms with van der Waals surface area (Å²) in [7, 11) is 0. The standard InChI is InChI=1S/C15H13N7OS/c1-9-14(10-4-2-3-5-11(10)17-9)12-7-24-15(18-12)19-13(23)6-22-8-16-20-21-22/h2-5,7-8,17H,6H2,1H3,(H,18,19,23). The number of nitrogens with zero attached hydrogens (tertiary/aromatic N) is 5. The summed E-state index contributed by atoms with van der Waals surface area (Å²) in [5.41, 5.74) is 4.02. The predicted molar refractivity (Wildman–Crippen MR) is 90.6 cm³/mol. The smallest absolute Gasteiger partial charge is 0.248 e. The molecule has 120 valence electrons. The second kappa shape index (κ2) is 5.85. The van der Waals surface area contributed by atoms with Gasteiger partial charge in [0, 0.05) is 27.5 Å². The maximum atomic E-state index is 12.0. The van der Waals surface area contributed by atoms with Gasteiger partial charge in [-0.15, -0.1) is 16.4 Å². The van der Waals surface area contributed by atoms with Crippen molar-refractivity contribution >= 4 is 33.3 Å². The minimum Gasteiger partial charge on any atom is -0.358 e. The van der Waals surface area contributed by atoms with Crippen molar-refractivity contribution < 1.29 is 4.79 Å². The molecule has 4 aromatic rings. The molecule has 1 amide bonds. The second-order valence-electron chi connectivity index (χ2n) is 5.26. The van der Waals surface area contributed by atoms with Crippen LogP contribution in [0.25, 0.3) is 22.2 Å². The number of aryl methyl sites for hydroxylation is 1. The van der Waals surface area contributed by atoms with Crippen LogP contribution >= 0.6 is 11.3 Å². The van der Waals surface area contributed by atoms with Crippen molar-refractivity contribution in [3.05, 3.63) is 41.7 Å². The van der Waals surface area contributed by atoms with Crippen LogP contribution in [-0.2, 0) is 11.3 Å². The number of anilines is 1. The Labute approximate surface area is 140 Å². The minimum absolute atomic E-state index is 0.0496. The molecule has 0 saturated carbocycles. The van der Waals surface area contributed by atoms with Crippen LogP contribution in [0.15, 0.2) is 36.0 Å². The molecule has 24 heavy (non-hydrogen) atoms. The number of thiazole rings is 1. The van der Waals surface area contributed by atoms with E-state index >= 15 is 0 Å². The topological polar surface area (TPSA) is 101 Å². The van der Waals surface area contributed by atoms with Crippen LogP contribution < -0.4 is 5.32 Å². The van der Waals surface area contributed by atoms with Gasteiger partial charge in [0.15, 0.2) is 5.13 Å². The van der Waals surface area contributed by atoms with Crippen molar-refractivity contribution in [2.75, 3.05) is 5.32 Å². The Bertz CT molecular complexity index is 1000. The summed E-state index contributed by atoms with van der Waals surface area (Å²) in [4.78, 5) is 19.9. The van der Waals surface area contributed by atoms with Crippen LogP contribution in [0.3, 0.4) is 0 Å². The van der Waals surface area contributed by atoms with Crippen molar-refractivity contribution in [3.8, 4) is 11.3 Å². The third kappa shape index (κ3) is 2.65. The van der Waals surface area contributed by atoms with Crippen molar-refractivity contribution in [2.45, 2.75) is 13.5 Å². The van der Waals surface area contributed by atoms with Gasteiger partial charge in [-0.25, -0.2) is 9.67 Å². The van der Waals surface area contributed by atoms with Crippen molar-refractivity contribution in [3.63, 3.8) is 0 Å². The molecular formula is C15H13N7OS. The lowest BCUT2D eigenvalue weighted by Crippen LogP contribution is -2.19. The summed E-state index contributed by atoms with van der Waals surface area (Å²) in [5, 5.41) is 17.0. The Kier molecular flexibility index (Phi) is 3.54. The lowest BCUT2D eigenvalue weighted by atomic mass is 10.1. The number of tetrazole rings is 1. The molecule has 9 heteroatoms. The van der Waals surface area contributed by atoms with E-state index in [-0.39, 0.29) is 12.5 Å². The van der Waals surface area contributed by atoms with E-state index in [0.29, 0.717) is 5.13 Å². The van der Waals surface area contributed by atoms with Gasteiger partial charge in [-0.05, 0) is 23.4 Å². The number of rotatable bonds is 4. The number of carbonyl (C=O) groups excluding carboxylic acids is 1. The zero-order chi connectivity index (χ0) is 16.5. The molecular weight excluding hydrogens is 326 g/mol. The Morgan fingerprint density at radius 1 is 1.38 bits per heavy atom. The number of hydrogen-bond donors (Lipinski definition) is 2. The highest BCUT2D eigenvalue weighted by Gasteiger charge is 2.14. The van der Waals surface area contributed by atoms with Gasteiger partial charge in [0.1, 0.15) is 12.9 Å². The highest BCUT2D eigenvalue weighted by atomic mass is 32.1. The van der Waals surface area contributed by atoms with Crippen LogP contribution in [0.2, 0.25) is 0 Å². The number of H-pyrrole nitrogens is 1. The van der Waals surface area contributed by atoms with Crippen LogP contribution in [0.1, 0.15) is 5.69 Å². The van der Waals surface area contributed by atoms with Gasteiger partial charge in [0.2, 0.25) is 5.91 Å². The lowest BCUT2D eigenvalue weighted by molar-refractivity contribution is -0.116. The summed E-state index contributed by atoms with van der Waals surface area (Å²) < 4.78 is 1.35. The Balaban J connectivity index is 1.58. The van der Waals surface area contributed by atoms with E-state index < -0.39 is 0 Å². The van der Waals surface area contributed by atoms with Crippen LogP contribution in [0, 0.1) is 6.92 Å². The van der Waals surface area contributed by atoms with Gasteiger partial charge in [-0.1, -0.05) is 18.2 Å². The molecule has 0 atom stereocenters. The van der Waals surface area contributed by atoms with E-state index in [1.807, 2.05) is 30.5 Å².